The minimum Gasteiger partial charge on any atom is -0.306 e. The van der Waals surface area contributed by atoms with Gasteiger partial charge in [-0.05, 0) is 34.7 Å². The van der Waals surface area contributed by atoms with E-state index >= 15 is 0 Å². The molecule has 3 rings (SSSR count). The van der Waals surface area contributed by atoms with Crippen LogP contribution in [0.4, 0.5) is 0 Å². The molecule has 5 heteroatoms. The third-order valence-corrected chi connectivity index (χ3v) is 4.50. The van der Waals surface area contributed by atoms with Gasteiger partial charge < -0.3 is 4.98 Å². The van der Waals surface area contributed by atoms with Gasteiger partial charge in [-0.25, -0.2) is 4.98 Å². The van der Waals surface area contributed by atoms with Crippen molar-refractivity contribution in [3.63, 3.8) is 0 Å². The van der Waals surface area contributed by atoms with Crippen molar-refractivity contribution in [1.82, 2.24) is 9.97 Å². The maximum Gasteiger partial charge on any atom is 0.265 e. The highest BCUT2D eigenvalue weighted by atomic mass is 127. The second kappa shape index (κ2) is 6.11. The molecule has 0 atom stereocenters. The zero-order valence-electron chi connectivity index (χ0n) is 10.8. The number of H-pyrrole nitrogens is 1. The fraction of sp³-hybridized carbons (Fsp3) is 0. The predicted molar refractivity (Wildman–Crippen MR) is 96.1 cm³/mol. The normalized spacial score (nSPS) is 10.6. The first kappa shape index (κ1) is 14.5. The molecule has 0 aliphatic heterocycles. The van der Waals surface area contributed by atoms with Gasteiger partial charge in [0.1, 0.15) is 9.39 Å². The van der Waals surface area contributed by atoms with Gasteiger partial charge in [-0.1, -0.05) is 58.4 Å². The summed E-state index contributed by atoms with van der Waals surface area (Å²) < 4.78 is 1.54. The zero-order chi connectivity index (χ0) is 14.8. The maximum atomic E-state index is 12.2. The van der Waals surface area contributed by atoms with Crippen LogP contribution in [0.1, 0.15) is 0 Å². The number of aromatic amines is 1. The van der Waals surface area contributed by atoms with Gasteiger partial charge in [0.2, 0.25) is 0 Å². The lowest BCUT2D eigenvalue weighted by Gasteiger charge is -2.07. The Hall–Kier alpha value is -1.47. The van der Waals surface area contributed by atoms with Crippen molar-refractivity contribution in [2.45, 2.75) is 0 Å². The molecule has 0 fully saturated rings. The summed E-state index contributed by atoms with van der Waals surface area (Å²) in [4.78, 5) is 19.6. The van der Waals surface area contributed by atoms with E-state index in [-0.39, 0.29) is 5.56 Å². The van der Waals surface area contributed by atoms with Crippen molar-refractivity contribution < 1.29 is 0 Å². The largest absolute Gasteiger partial charge is 0.306 e. The first-order valence-electron chi connectivity index (χ1n) is 6.26. The molecular formula is C16H10BrIN2O. The van der Waals surface area contributed by atoms with Gasteiger partial charge in [0.25, 0.3) is 5.56 Å². The minimum atomic E-state index is -0.126. The van der Waals surface area contributed by atoms with Crippen LogP contribution in [0.15, 0.2) is 63.9 Å². The molecule has 0 radical (unpaired) electrons. The molecule has 0 aliphatic rings. The van der Waals surface area contributed by atoms with Gasteiger partial charge in [-0.3, -0.25) is 4.79 Å². The average molecular weight is 453 g/mol. The molecule has 1 aromatic heterocycles. The fourth-order valence-corrected chi connectivity index (χ4v) is 2.98. The zero-order valence-corrected chi connectivity index (χ0v) is 14.6. The summed E-state index contributed by atoms with van der Waals surface area (Å²) in [6.45, 7) is 0. The van der Waals surface area contributed by atoms with E-state index in [0.717, 1.165) is 15.6 Å². The molecule has 0 amide bonds. The Morgan fingerprint density at radius 2 is 1.71 bits per heavy atom. The van der Waals surface area contributed by atoms with Crippen LogP contribution < -0.4 is 5.56 Å². The van der Waals surface area contributed by atoms with Crippen LogP contribution in [0.2, 0.25) is 0 Å². The van der Waals surface area contributed by atoms with E-state index in [2.05, 4.69) is 25.9 Å². The SMILES string of the molecule is O=c1[nH]c(-c2cccc(Br)c2)nc(-c2ccccc2)c1I. The molecule has 1 heterocycles. The third kappa shape index (κ3) is 3.08. The summed E-state index contributed by atoms with van der Waals surface area (Å²) in [7, 11) is 0. The summed E-state index contributed by atoms with van der Waals surface area (Å²) in [6, 6.07) is 17.4. The molecule has 0 unspecified atom stereocenters. The number of hydrogen-bond acceptors (Lipinski definition) is 2. The van der Waals surface area contributed by atoms with E-state index in [4.69, 9.17) is 0 Å². The minimum absolute atomic E-state index is 0.126. The molecule has 0 bridgehead atoms. The van der Waals surface area contributed by atoms with Gasteiger partial charge >= 0.3 is 0 Å². The highest BCUT2D eigenvalue weighted by Gasteiger charge is 2.12. The molecule has 0 saturated heterocycles. The molecule has 21 heavy (non-hydrogen) atoms. The monoisotopic (exact) mass is 452 g/mol. The van der Waals surface area contributed by atoms with Crippen LogP contribution in [-0.2, 0) is 0 Å². The summed E-state index contributed by atoms with van der Waals surface area (Å²) in [6.07, 6.45) is 0. The average Bonchev–Trinajstić information content (AvgIpc) is 2.51. The molecule has 1 N–H and O–H groups in total. The van der Waals surface area contributed by atoms with E-state index in [1.807, 2.05) is 77.2 Å². The second-order valence-electron chi connectivity index (χ2n) is 4.45. The fourth-order valence-electron chi connectivity index (χ4n) is 2.02. The maximum absolute atomic E-state index is 12.2. The molecule has 3 nitrogen and oxygen atoms in total. The van der Waals surface area contributed by atoms with Gasteiger partial charge in [-0.15, -0.1) is 0 Å². The summed E-state index contributed by atoms with van der Waals surface area (Å²) in [5.41, 5.74) is 2.38. The number of rotatable bonds is 2. The van der Waals surface area contributed by atoms with Crippen molar-refractivity contribution in [2.24, 2.45) is 0 Å². The Morgan fingerprint density at radius 3 is 2.43 bits per heavy atom. The molecule has 2 aromatic carbocycles. The van der Waals surface area contributed by atoms with Crippen molar-refractivity contribution in [3.05, 3.63) is 73.0 Å². The number of halogens is 2. The summed E-state index contributed by atoms with van der Waals surface area (Å²) in [5, 5.41) is 0. The van der Waals surface area contributed by atoms with Crippen LogP contribution in [0, 0.1) is 3.57 Å². The Bertz CT molecular complexity index is 846. The van der Waals surface area contributed by atoms with Crippen molar-refractivity contribution in [2.75, 3.05) is 0 Å². The number of hydrogen-bond donors (Lipinski definition) is 1. The van der Waals surface area contributed by atoms with Crippen LogP contribution >= 0.6 is 38.5 Å². The molecule has 104 valence electrons. The Labute approximate surface area is 143 Å². The molecule has 3 aromatic rings. The third-order valence-electron chi connectivity index (χ3n) is 3.01. The quantitative estimate of drug-likeness (QED) is 0.583. The Kier molecular flexibility index (Phi) is 4.21. The smallest absolute Gasteiger partial charge is 0.265 e. The molecule has 0 saturated carbocycles. The summed E-state index contributed by atoms with van der Waals surface area (Å²) in [5.74, 6) is 0.570. The van der Waals surface area contributed by atoms with E-state index in [0.29, 0.717) is 15.1 Å². The van der Waals surface area contributed by atoms with E-state index in [9.17, 15) is 4.79 Å². The van der Waals surface area contributed by atoms with Gasteiger partial charge in [-0.2, -0.15) is 0 Å². The standard InChI is InChI=1S/C16H10BrIN2O/c17-12-8-4-7-11(9-12)15-19-14(13(18)16(21)20-15)10-5-2-1-3-6-10/h1-9H,(H,19,20,21). The van der Waals surface area contributed by atoms with Crippen molar-refractivity contribution >= 4 is 38.5 Å². The molecular weight excluding hydrogens is 443 g/mol. The Balaban J connectivity index is 2.21. The molecule has 0 spiro atoms. The first-order valence-corrected chi connectivity index (χ1v) is 8.13. The van der Waals surface area contributed by atoms with E-state index in [1.54, 1.807) is 0 Å². The van der Waals surface area contributed by atoms with Crippen LogP contribution in [-0.4, -0.2) is 9.97 Å². The number of benzene rings is 2. The lowest BCUT2D eigenvalue weighted by atomic mass is 10.1. The number of aromatic nitrogens is 2. The molecule has 0 aliphatic carbocycles. The van der Waals surface area contributed by atoms with E-state index < -0.39 is 0 Å². The lowest BCUT2D eigenvalue weighted by molar-refractivity contribution is 1.11. The second-order valence-corrected chi connectivity index (χ2v) is 6.45. The highest BCUT2D eigenvalue weighted by Crippen LogP contribution is 2.24. The van der Waals surface area contributed by atoms with Gasteiger partial charge in [0, 0.05) is 15.6 Å². The van der Waals surface area contributed by atoms with Crippen LogP contribution in [0.5, 0.6) is 0 Å². The van der Waals surface area contributed by atoms with Crippen LogP contribution in [0.25, 0.3) is 22.6 Å². The number of nitrogens with zero attached hydrogens (tertiary/aromatic N) is 1. The van der Waals surface area contributed by atoms with Gasteiger partial charge in [0.15, 0.2) is 0 Å². The first-order chi connectivity index (χ1) is 10.1. The number of nitrogens with one attached hydrogen (secondary N) is 1. The van der Waals surface area contributed by atoms with Crippen molar-refractivity contribution in [1.29, 1.82) is 0 Å². The van der Waals surface area contributed by atoms with Crippen molar-refractivity contribution in [3.8, 4) is 22.6 Å². The van der Waals surface area contributed by atoms with Crippen LogP contribution in [0.3, 0.4) is 0 Å². The topological polar surface area (TPSA) is 45.8 Å². The highest BCUT2D eigenvalue weighted by molar-refractivity contribution is 14.1. The Morgan fingerprint density at radius 1 is 1.00 bits per heavy atom. The predicted octanol–water partition coefficient (Wildman–Crippen LogP) is 4.47. The van der Waals surface area contributed by atoms with Gasteiger partial charge in [0.05, 0.1) is 5.69 Å². The lowest BCUT2D eigenvalue weighted by Crippen LogP contribution is -2.14. The van der Waals surface area contributed by atoms with E-state index in [1.165, 1.54) is 0 Å². The summed E-state index contributed by atoms with van der Waals surface area (Å²) >= 11 is 5.47.